The molecule has 1 unspecified atom stereocenters. The Morgan fingerprint density at radius 3 is 2.48 bits per heavy atom. The normalized spacial score (nSPS) is 18.3. The second-order valence-corrected chi connectivity index (χ2v) is 6.14. The van der Waals surface area contributed by atoms with E-state index in [2.05, 4.69) is 5.32 Å². The van der Waals surface area contributed by atoms with E-state index in [0.717, 1.165) is 0 Å². The zero-order chi connectivity index (χ0) is 14.9. The number of nitrogens with two attached hydrogens (primary N) is 1. The minimum atomic E-state index is -0.225. The van der Waals surface area contributed by atoms with Crippen LogP contribution in [0.25, 0.3) is 0 Å². The van der Waals surface area contributed by atoms with Crippen LogP contribution in [0.15, 0.2) is 24.3 Å². The Labute approximate surface area is 131 Å². The first-order chi connectivity index (χ1) is 9.29. The second kappa shape index (κ2) is 6.35. The van der Waals surface area contributed by atoms with Gasteiger partial charge in [0.15, 0.2) is 0 Å². The molecule has 1 aromatic carbocycles. The molecule has 21 heavy (non-hydrogen) atoms. The standard InChI is InChI=1S/C15H21N3O2.ClH/c1-15(2,3)18-9-10(8-13(18)19)17-14(20)11-6-4-5-7-12(11)16;/h4-7,10H,8-9,16H2,1-3H3,(H,17,20);1H. The number of nitrogen functional groups attached to an aromatic ring is 1. The quantitative estimate of drug-likeness (QED) is 0.818. The van der Waals surface area contributed by atoms with Crippen molar-refractivity contribution in [1.29, 1.82) is 0 Å². The van der Waals surface area contributed by atoms with Crippen LogP contribution in [0.2, 0.25) is 0 Å². The van der Waals surface area contributed by atoms with Crippen molar-refractivity contribution >= 4 is 29.9 Å². The monoisotopic (exact) mass is 311 g/mol. The van der Waals surface area contributed by atoms with Gasteiger partial charge in [0.1, 0.15) is 0 Å². The lowest BCUT2D eigenvalue weighted by Gasteiger charge is -2.32. The molecule has 2 amide bonds. The molecule has 1 atom stereocenters. The van der Waals surface area contributed by atoms with Crippen molar-refractivity contribution in [2.75, 3.05) is 12.3 Å². The fourth-order valence-electron chi connectivity index (χ4n) is 2.42. The fourth-order valence-corrected chi connectivity index (χ4v) is 2.42. The Morgan fingerprint density at radius 2 is 1.95 bits per heavy atom. The van der Waals surface area contributed by atoms with Crippen molar-refractivity contribution in [1.82, 2.24) is 10.2 Å². The number of anilines is 1. The van der Waals surface area contributed by atoms with E-state index in [1.165, 1.54) is 0 Å². The lowest BCUT2D eigenvalue weighted by molar-refractivity contribution is -0.131. The van der Waals surface area contributed by atoms with Crippen molar-refractivity contribution in [3.05, 3.63) is 29.8 Å². The maximum absolute atomic E-state index is 12.2. The molecule has 5 nitrogen and oxygen atoms in total. The molecule has 0 spiro atoms. The van der Waals surface area contributed by atoms with Gasteiger partial charge in [0.25, 0.3) is 5.91 Å². The van der Waals surface area contributed by atoms with Crippen LogP contribution in [0.5, 0.6) is 0 Å². The molecule has 6 heteroatoms. The van der Waals surface area contributed by atoms with Crippen LogP contribution in [-0.2, 0) is 4.79 Å². The summed E-state index contributed by atoms with van der Waals surface area (Å²) in [7, 11) is 0. The van der Waals surface area contributed by atoms with Gasteiger partial charge < -0.3 is 16.0 Å². The third-order valence-electron chi connectivity index (χ3n) is 3.48. The molecule has 3 N–H and O–H groups in total. The Kier molecular flexibility index (Phi) is 5.23. The number of benzene rings is 1. The van der Waals surface area contributed by atoms with Gasteiger partial charge in [-0.1, -0.05) is 12.1 Å². The minimum absolute atomic E-state index is 0. The average molecular weight is 312 g/mol. The molecule has 1 fully saturated rings. The molecule has 0 radical (unpaired) electrons. The maximum atomic E-state index is 12.2. The Hall–Kier alpha value is -1.75. The molecule has 1 heterocycles. The third kappa shape index (κ3) is 3.88. The van der Waals surface area contributed by atoms with Crippen molar-refractivity contribution in [2.45, 2.75) is 38.8 Å². The van der Waals surface area contributed by atoms with Crippen LogP contribution in [0.3, 0.4) is 0 Å². The largest absolute Gasteiger partial charge is 0.398 e. The van der Waals surface area contributed by atoms with Gasteiger partial charge in [0.2, 0.25) is 5.91 Å². The van der Waals surface area contributed by atoms with E-state index >= 15 is 0 Å². The summed E-state index contributed by atoms with van der Waals surface area (Å²) in [5.41, 5.74) is 6.46. The fraction of sp³-hybridized carbons (Fsp3) is 0.467. The topological polar surface area (TPSA) is 75.4 Å². The number of amides is 2. The average Bonchev–Trinajstić information content (AvgIpc) is 2.70. The van der Waals surface area contributed by atoms with Crippen LogP contribution >= 0.6 is 12.4 Å². The Morgan fingerprint density at radius 1 is 1.33 bits per heavy atom. The summed E-state index contributed by atoms with van der Waals surface area (Å²) in [6.07, 6.45) is 0.343. The highest BCUT2D eigenvalue weighted by Gasteiger charge is 2.36. The minimum Gasteiger partial charge on any atom is -0.398 e. The van der Waals surface area contributed by atoms with Gasteiger partial charge in [-0.05, 0) is 32.9 Å². The number of hydrogen-bond donors (Lipinski definition) is 2. The van der Waals surface area contributed by atoms with Gasteiger partial charge in [0.05, 0.1) is 11.6 Å². The zero-order valence-corrected chi connectivity index (χ0v) is 13.4. The first kappa shape index (κ1) is 17.3. The molecule has 0 aliphatic carbocycles. The van der Waals surface area contributed by atoms with Gasteiger partial charge >= 0.3 is 0 Å². The van der Waals surface area contributed by atoms with Crippen LogP contribution < -0.4 is 11.1 Å². The Bertz CT molecular complexity index is 540. The molecule has 1 saturated heterocycles. The Balaban J connectivity index is 0.00000220. The first-order valence-corrected chi connectivity index (χ1v) is 6.75. The smallest absolute Gasteiger partial charge is 0.253 e. The molecular formula is C15H22ClN3O2. The molecule has 1 aliphatic heterocycles. The number of halogens is 1. The number of carbonyl (C=O) groups is 2. The van der Waals surface area contributed by atoms with Gasteiger partial charge in [-0.2, -0.15) is 0 Å². The molecular weight excluding hydrogens is 290 g/mol. The number of para-hydroxylation sites is 1. The predicted octanol–water partition coefficient (Wildman–Crippen LogP) is 1.82. The predicted molar refractivity (Wildman–Crippen MR) is 85.4 cm³/mol. The van der Waals surface area contributed by atoms with Crippen molar-refractivity contribution in [3.8, 4) is 0 Å². The summed E-state index contributed by atoms with van der Waals surface area (Å²) >= 11 is 0. The summed E-state index contributed by atoms with van der Waals surface area (Å²) in [4.78, 5) is 25.9. The van der Waals surface area contributed by atoms with Gasteiger partial charge in [-0.25, -0.2) is 0 Å². The lowest BCUT2D eigenvalue weighted by Crippen LogP contribution is -2.44. The first-order valence-electron chi connectivity index (χ1n) is 6.75. The van der Waals surface area contributed by atoms with E-state index < -0.39 is 0 Å². The number of likely N-dealkylation sites (tertiary alicyclic amines) is 1. The summed E-state index contributed by atoms with van der Waals surface area (Å²) in [5, 5.41) is 2.89. The number of hydrogen-bond acceptors (Lipinski definition) is 3. The van der Waals surface area contributed by atoms with E-state index in [1.807, 2.05) is 20.8 Å². The maximum Gasteiger partial charge on any atom is 0.253 e. The molecule has 1 aromatic rings. The molecule has 0 bridgehead atoms. The van der Waals surface area contributed by atoms with E-state index in [0.29, 0.717) is 24.2 Å². The molecule has 0 saturated carbocycles. The van der Waals surface area contributed by atoms with E-state index in [-0.39, 0.29) is 35.8 Å². The SMILES string of the molecule is CC(C)(C)N1CC(NC(=O)c2ccccc2N)CC1=O.Cl. The van der Waals surface area contributed by atoms with Crippen LogP contribution in [-0.4, -0.2) is 34.8 Å². The van der Waals surface area contributed by atoms with E-state index in [1.54, 1.807) is 29.2 Å². The van der Waals surface area contributed by atoms with Crippen LogP contribution in [0, 0.1) is 0 Å². The molecule has 1 aliphatic rings. The summed E-state index contributed by atoms with van der Waals surface area (Å²) in [6.45, 7) is 6.51. The van der Waals surface area contributed by atoms with E-state index in [9.17, 15) is 9.59 Å². The number of nitrogens with one attached hydrogen (secondary N) is 1. The number of nitrogens with zero attached hydrogens (tertiary/aromatic N) is 1. The molecule has 2 rings (SSSR count). The van der Waals surface area contributed by atoms with E-state index in [4.69, 9.17) is 5.73 Å². The second-order valence-electron chi connectivity index (χ2n) is 6.14. The summed E-state index contributed by atoms with van der Waals surface area (Å²) in [5.74, 6) is -0.152. The molecule has 0 aromatic heterocycles. The highest BCUT2D eigenvalue weighted by Crippen LogP contribution is 2.22. The molecule has 116 valence electrons. The number of rotatable bonds is 2. The lowest BCUT2D eigenvalue weighted by atomic mass is 10.1. The summed E-state index contributed by atoms with van der Waals surface area (Å²) < 4.78 is 0. The van der Waals surface area contributed by atoms with Crippen molar-refractivity contribution < 1.29 is 9.59 Å². The van der Waals surface area contributed by atoms with Gasteiger partial charge in [0, 0.05) is 24.2 Å². The van der Waals surface area contributed by atoms with Crippen LogP contribution in [0.1, 0.15) is 37.6 Å². The number of carbonyl (C=O) groups excluding carboxylic acids is 2. The van der Waals surface area contributed by atoms with Crippen molar-refractivity contribution in [3.63, 3.8) is 0 Å². The summed E-state index contributed by atoms with van der Waals surface area (Å²) in [6, 6.07) is 6.77. The third-order valence-corrected chi connectivity index (χ3v) is 3.48. The zero-order valence-electron chi connectivity index (χ0n) is 12.6. The van der Waals surface area contributed by atoms with Crippen LogP contribution in [0.4, 0.5) is 5.69 Å². The highest BCUT2D eigenvalue weighted by atomic mass is 35.5. The van der Waals surface area contributed by atoms with Gasteiger partial charge in [-0.3, -0.25) is 9.59 Å². The van der Waals surface area contributed by atoms with Crippen molar-refractivity contribution in [2.24, 2.45) is 0 Å². The van der Waals surface area contributed by atoms with Gasteiger partial charge in [-0.15, -0.1) is 12.4 Å². The highest BCUT2D eigenvalue weighted by molar-refractivity contribution is 5.99.